The third-order valence-corrected chi connectivity index (χ3v) is 6.20. The van der Waals surface area contributed by atoms with E-state index in [0.717, 1.165) is 18.9 Å². The minimum Gasteiger partial charge on any atom is -0.368 e. The Morgan fingerprint density at radius 1 is 1.32 bits per heavy atom. The van der Waals surface area contributed by atoms with Gasteiger partial charge >= 0.3 is 0 Å². The summed E-state index contributed by atoms with van der Waals surface area (Å²) in [6, 6.07) is 3.23. The number of nitrogens with two attached hydrogens (primary N) is 1. The summed E-state index contributed by atoms with van der Waals surface area (Å²) >= 11 is 6.42. The smallest absolute Gasteiger partial charge is 0.255 e. The summed E-state index contributed by atoms with van der Waals surface area (Å²) in [6.45, 7) is 4.99. The van der Waals surface area contributed by atoms with Gasteiger partial charge in [0.05, 0.1) is 11.3 Å². The molecule has 0 unspecified atom stereocenters. The van der Waals surface area contributed by atoms with E-state index in [1.165, 1.54) is 18.3 Å². The summed E-state index contributed by atoms with van der Waals surface area (Å²) in [5.74, 6) is -1.26. The zero-order valence-electron chi connectivity index (χ0n) is 17.5. The molecule has 2 aromatic rings. The molecule has 1 saturated carbocycles. The number of amides is 1. The van der Waals surface area contributed by atoms with Crippen LogP contribution in [-0.4, -0.2) is 35.6 Å². The maximum absolute atomic E-state index is 14.0. The average Bonchev–Trinajstić information content (AvgIpc) is 3.43. The van der Waals surface area contributed by atoms with E-state index < -0.39 is 17.2 Å². The van der Waals surface area contributed by atoms with Gasteiger partial charge in [-0.1, -0.05) is 11.6 Å². The molecule has 1 amide bonds. The molecule has 3 N–H and O–H groups in total. The number of carbonyl (C=O) groups excluding carboxylic acids is 1. The standard InChI is InChI=1S/C22H25ClF2N4O.H2S/c1-12(13-3-4-13)28-21(30)17-10-27-20(23)18(14-7-15(24)9-16(25)8-14)19(17)29-6-5-22(2,26)11-29;/h7-10,12-13H,3-6,11,26H2,1-2H3,(H,28,30);1H2/t12-,22-;/m0./s1. The molecule has 1 aromatic heterocycles. The molecule has 2 atom stereocenters. The van der Waals surface area contributed by atoms with Gasteiger partial charge in [0.25, 0.3) is 5.91 Å². The van der Waals surface area contributed by atoms with E-state index in [-0.39, 0.29) is 36.2 Å². The Morgan fingerprint density at radius 2 is 1.97 bits per heavy atom. The Labute approximate surface area is 192 Å². The van der Waals surface area contributed by atoms with E-state index in [9.17, 15) is 13.6 Å². The van der Waals surface area contributed by atoms with Crippen molar-refractivity contribution in [1.29, 1.82) is 0 Å². The molecule has 1 saturated heterocycles. The lowest BCUT2D eigenvalue weighted by Gasteiger charge is -2.27. The van der Waals surface area contributed by atoms with Crippen molar-refractivity contribution in [3.05, 3.63) is 46.7 Å². The van der Waals surface area contributed by atoms with Crippen LogP contribution in [0.25, 0.3) is 11.1 Å². The topological polar surface area (TPSA) is 71.2 Å². The number of carbonyl (C=O) groups is 1. The zero-order valence-corrected chi connectivity index (χ0v) is 19.3. The molecule has 5 nitrogen and oxygen atoms in total. The van der Waals surface area contributed by atoms with Crippen LogP contribution in [0.3, 0.4) is 0 Å². The van der Waals surface area contributed by atoms with E-state index in [1.807, 2.05) is 18.7 Å². The number of rotatable bonds is 5. The zero-order chi connectivity index (χ0) is 21.6. The summed E-state index contributed by atoms with van der Waals surface area (Å²) < 4.78 is 28.0. The molecule has 1 aromatic carbocycles. The third kappa shape index (κ3) is 5.13. The predicted molar refractivity (Wildman–Crippen MR) is 124 cm³/mol. The highest BCUT2D eigenvalue weighted by atomic mass is 35.5. The first-order valence-electron chi connectivity index (χ1n) is 10.1. The van der Waals surface area contributed by atoms with Crippen LogP contribution in [0.1, 0.15) is 43.5 Å². The summed E-state index contributed by atoms with van der Waals surface area (Å²) in [7, 11) is 0. The number of hydrogen-bond donors (Lipinski definition) is 2. The van der Waals surface area contributed by atoms with Crippen LogP contribution in [0.5, 0.6) is 0 Å². The lowest BCUT2D eigenvalue weighted by Crippen LogP contribution is -2.40. The normalized spacial score (nSPS) is 21.5. The molecule has 168 valence electrons. The highest BCUT2D eigenvalue weighted by molar-refractivity contribution is 7.59. The average molecular weight is 469 g/mol. The summed E-state index contributed by atoms with van der Waals surface area (Å²) in [5, 5.41) is 3.11. The number of benzene rings is 1. The van der Waals surface area contributed by atoms with Gasteiger partial charge in [0.1, 0.15) is 16.8 Å². The van der Waals surface area contributed by atoms with Gasteiger partial charge in [0.2, 0.25) is 0 Å². The lowest BCUT2D eigenvalue weighted by molar-refractivity contribution is 0.0936. The van der Waals surface area contributed by atoms with E-state index >= 15 is 0 Å². The number of hydrogen-bond acceptors (Lipinski definition) is 4. The number of nitrogens with zero attached hydrogens (tertiary/aromatic N) is 2. The molecule has 2 aliphatic rings. The highest BCUT2D eigenvalue weighted by Crippen LogP contribution is 2.41. The van der Waals surface area contributed by atoms with Crippen LogP contribution < -0.4 is 16.0 Å². The Bertz CT molecular complexity index is 979. The molecule has 0 bridgehead atoms. The van der Waals surface area contributed by atoms with Crippen molar-refractivity contribution in [2.75, 3.05) is 18.0 Å². The molecule has 0 spiro atoms. The molecule has 9 heteroatoms. The van der Waals surface area contributed by atoms with Gasteiger partial charge in [0.15, 0.2) is 0 Å². The summed E-state index contributed by atoms with van der Waals surface area (Å²) in [6.07, 6.45) is 4.33. The quantitative estimate of drug-likeness (QED) is 0.643. The molecule has 4 rings (SSSR count). The number of anilines is 1. The van der Waals surface area contributed by atoms with Crippen molar-refractivity contribution in [1.82, 2.24) is 10.3 Å². The summed E-state index contributed by atoms with van der Waals surface area (Å²) in [4.78, 5) is 19.3. The van der Waals surface area contributed by atoms with Crippen molar-refractivity contribution >= 4 is 36.7 Å². The molecular formula is C22H27ClF2N4OS. The third-order valence-electron chi connectivity index (χ3n) is 5.91. The van der Waals surface area contributed by atoms with Gasteiger partial charge in [-0.25, -0.2) is 13.8 Å². The number of nitrogens with one attached hydrogen (secondary N) is 1. The van der Waals surface area contributed by atoms with Crippen LogP contribution in [0.2, 0.25) is 5.15 Å². The minimum atomic E-state index is -0.727. The second kappa shape index (κ2) is 8.92. The Kier molecular flexibility index (Phi) is 6.84. The highest BCUT2D eigenvalue weighted by Gasteiger charge is 2.35. The van der Waals surface area contributed by atoms with Gasteiger partial charge in [0, 0.05) is 42.5 Å². The molecule has 0 radical (unpaired) electrons. The fraction of sp³-hybridized carbons (Fsp3) is 0.455. The maximum atomic E-state index is 14.0. The second-order valence-electron chi connectivity index (χ2n) is 8.77. The second-order valence-corrected chi connectivity index (χ2v) is 9.13. The van der Waals surface area contributed by atoms with Crippen molar-refractivity contribution in [2.24, 2.45) is 11.7 Å². The van der Waals surface area contributed by atoms with Crippen molar-refractivity contribution in [2.45, 2.75) is 44.7 Å². The van der Waals surface area contributed by atoms with Crippen molar-refractivity contribution in [3.63, 3.8) is 0 Å². The lowest BCUT2D eigenvalue weighted by atomic mass is 10.00. The Balaban J connectivity index is 0.00000272. The van der Waals surface area contributed by atoms with Crippen molar-refractivity contribution < 1.29 is 13.6 Å². The van der Waals surface area contributed by atoms with Crippen LogP contribution in [0.4, 0.5) is 14.5 Å². The van der Waals surface area contributed by atoms with Gasteiger partial charge in [-0.2, -0.15) is 13.5 Å². The molecule has 2 fully saturated rings. The first kappa shape index (κ1) is 23.8. The predicted octanol–water partition coefficient (Wildman–Crippen LogP) is 4.25. The number of halogens is 3. The number of pyridine rings is 1. The van der Waals surface area contributed by atoms with E-state index in [0.29, 0.717) is 42.2 Å². The Morgan fingerprint density at radius 3 is 2.52 bits per heavy atom. The van der Waals surface area contributed by atoms with Crippen LogP contribution >= 0.6 is 25.1 Å². The van der Waals surface area contributed by atoms with Gasteiger partial charge < -0.3 is 16.0 Å². The molecule has 31 heavy (non-hydrogen) atoms. The Hall–Kier alpha value is -1.90. The van der Waals surface area contributed by atoms with E-state index in [2.05, 4.69) is 10.3 Å². The van der Waals surface area contributed by atoms with E-state index in [1.54, 1.807) is 0 Å². The fourth-order valence-corrected chi connectivity index (χ4v) is 4.35. The fourth-order valence-electron chi connectivity index (χ4n) is 4.10. The largest absolute Gasteiger partial charge is 0.368 e. The molecule has 1 aliphatic heterocycles. The maximum Gasteiger partial charge on any atom is 0.255 e. The molecule has 2 heterocycles. The minimum absolute atomic E-state index is 0. The SMILES string of the molecule is C[C@H](NC(=O)c1cnc(Cl)c(-c2cc(F)cc(F)c2)c1N1CC[C@](C)(N)C1)C1CC1.S. The van der Waals surface area contributed by atoms with Crippen LogP contribution in [-0.2, 0) is 0 Å². The monoisotopic (exact) mass is 468 g/mol. The first-order valence-corrected chi connectivity index (χ1v) is 10.5. The number of aromatic nitrogens is 1. The first-order chi connectivity index (χ1) is 14.1. The molecular weight excluding hydrogens is 442 g/mol. The van der Waals surface area contributed by atoms with Gasteiger partial charge in [-0.3, -0.25) is 4.79 Å². The summed E-state index contributed by atoms with van der Waals surface area (Å²) in [5.41, 5.74) is 7.27. The van der Waals surface area contributed by atoms with Gasteiger partial charge in [-0.15, -0.1) is 0 Å². The van der Waals surface area contributed by atoms with Crippen LogP contribution in [0.15, 0.2) is 24.4 Å². The van der Waals surface area contributed by atoms with Crippen molar-refractivity contribution in [3.8, 4) is 11.1 Å². The van der Waals surface area contributed by atoms with Crippen LogP contribution in [0, 0.1) is 17.6 Å². The molecule has 1 aliphatic carbocycles. The van der Waals surface area contributed by atoms with Gasteiger partial charge in [-0.05, 0) is 56.7 Å². The van der Waals surface area contributed by atoms with E-state index in [4.69, 9.17) is 17.3 Å².